The molecular weight excluding hydrogens is 280 g/mol. The Morgan fingerprint density at radius 2 is 2.14 bits per heavy atom. The summed E-state index contributed by atoms with van der Waals surface area (Å²) in [5.74, 6) is 1.37. The van der Waals surface area contributed by atoms with Gasteiger partial charge in [0.15, 0.2) is 0 Å². The van der Waals surface area contributed by atoms with Crippen molar-refractivity contribution in [2.75, 3.05) is 25.0 Å². The number of nitrogens with zero attached hydrogens (tertiary/aromatic N) is 3. The normalized spacial score (nSPS) is 21.7. The standard InChI is InChI=1S/C16H30N4S/c1-5-8-20-9-6-7-14(11-20)13(4)17-16-19-18-15(21-16)10-12(2)3/h12-14H,5-11H2,1-4H3,(H,17,19). The van der Waals surface area contributed by atoms with Crippen molar-refractivity contribution in [3.05, 3.63) is 5.01 Å². The Kier molecular flexibility index (Phi) is 6.42. The number of rotatable bonds is 7. The molecule has 5 heteroatoms. The van der Waals surface area contributed by atoms with Crippen LogP contribution in [0.3, 0.4) is 0 Å². The van der Waals surface area contributed by atoms with Gasteiger partial charge in [0.2, 0.25) is 5.13 Å². The number of anilines is 1. The van der Waals surface area contributed by atoms with E-state index in [4.69, 9.17) is 0 Å². The molecule has 0 aromatic carbocycles. The van der Waals surface area contributed by atoms with Crippen molar-refractivity contribution < 1.29 is 0 Å². The van der Waals surface area contributed by atoms with Gasteiger partial charge in [-0.25, -0.2) is 0 Å². The molecule has 0 spiro atoms. The Morgan fingerprint density at radius 1 is 1.33 bits per heavy atom. The lowest BCUT2D eigenvalue weighted by Gasteiger charge is -2.35. The summed E-state index contributed by atoms with van der Waals surface area (Å²) in [5.41, 5.74) is 0. The van der Waals surface area contributed by atoms with E-state index in [1.54, 1.807) is 11.3 Å². The van der Waals surface area contributed by atoms with Gasteiger partial charge >= 0.3 is 0 Å². The van der Waals surface area contributed by atoms with Gasteiger partial charge in [0, 0.05) is 19.0 Å². The average Bonchev–Trinajstić information content (AvgIpc) is 2.86. The predicted molar refractivity (Wildman–Crippen MR) is 91.0 cm³/mol. The smallest absolute Gasteiger partial charge is 0.205 e. The van der Waals surface area contributed by atoms with Crippen molar-refractivity contribution >= 4 is 16.5 Å². The van der Waals surface area contributed by atoms with Crippen molar-refractivity contribution in [3.8, 4) is 0 Å². The Bertz CT molecular complexity index is 416. The average molecular weight is 311 g/mol. The zero-order valence-electron chi connectivity index (χ0n) is 13.9. The lowest BCUT2D eigenvalue weighted by Crippen LogP contribution is -2.42. The fraction of sp³-hybridized carbons (Fsp3) is 0.875. The van der Waals surface area contributed by atoms with Crippen LogP contribution in [0.1, 0.15) is 52.0 Å². The van der Waals surface area contributed by atoms with Gasteiger partial charge in [0.1, 0.15) is 5.01 Å². The summed E-state index contributed by atoms with van der Waals surface area (Å²) >= 11 is 1.72. The third-order valence-electron chi connectivity index (χ3n) is 4.19. The molecule has 2 rings (SSSR count). The molecule has 1 saturated heterocycles. The summed E-state index contributed by atoms with van der Waals surface area (Å²) in [5, 5.41) is 14.3. The third-order valence-corrected chi connectivity index (χ3v) is 5.07. The van der Waals surface area contributed by atoms with E-state index in [1.165, 1.54) is 38.9 Å². The molecule has 1 N–H and O–H groups in total. The van der Waals surface area contributed by atoms with Gasteiger partial charge in [-0.15, -0.1) is 10.2 Å². The molecular formula is C16H30N4S. The first-order valence-electron chi connectivity index (χ1n) is 8.39. The highest BCUT2D eigenvalue weighted by atomic mass is 32.1. The molecule has 0 amide bonds. The second-order valence-electron chi connectivity index (χ2n) is 6.73. The molecule has 0 saturated carbocycles. The summed E-state index contributed by atoms with van der Waals surface area (Å²) in [6.45, 7) is 12.7. The summed E-state index contributed by atoms with van der Waals surface area (Å²) in [6.07, 6.45) is 4.93. The number of likely N-dealkylation sites (tertiary alicyclic amines) is 1. The van der Waals surface area contributed by atoms with Crippen LogP contribution in [-0.4, -0.2) is 40.8 Å². The van der Waals surface area contributed by atoms with Crippen molar-refractivity contribution in [1.82, 2.24) is 15.1 Å². The van der Waals surface area contributed by atoms with E-state index in [9.17, 15) is 0 Å². The first kappa shape index (κ1) is 16.7. The Morgan fingerprint density at radius 3 is 2.86 bits per heavy atom. The Hall–Kier alpha value is -0.680. The number of nitrogens with one attached hydrogen (secondary N) is 1. The van der Waals surface area contributed by atoms with Crippen LogP contribution in [0, 0.1) is 11.8 Å². The van der Waals surface area contributed by atoms with E-state index in [-0.39, 0.29) is 0 Å². The predicted octanol–water partition coefficient (Wildman–Crippen LogP) is 3.66. The molecule has 0 bridgehead atoms. The summed E-state index contributed by atoms with van der Waals surface area (Å²) in [4.78, 5) is 2.61. The first-order chi connectivity index (χ1) is 10.1. The van der Waals surface area contributed by atoms with E-state index in [0.29, 0.717) is 12.0 Å². The maximum atomic E-state index is 4.30. The van der Waals surface area contributed by atoms with Gasteiger partial charge in [0.05, 0.1) is 0 Å². The molecule has 1 aromatic rings. The van der Waals surface area contributed by atoms with Gasteiger partial charge < -0.3 is 10.2 Å². The largest absolute Gasteiger partial charge is 0.357 e. The molecule has 120 valence electrons. The quantitative estimate of drug-likeness (QED) is 0.834. The molecule has 0 aliphatic carbocycles. The minimum absolute atomic E-state index is 0.476. The zero-order chi connectivity index (χ0) is 15.2. The minimum atomic E-state index is 0.476. The van der Waals surface area contributed by atoms with Gasteiger partial charge in [-0.05, 0) is 51.1 Å². The molecule has 1 aliphatic heterocycles. The van der Waals surface area contributed by atoms with Crippen LogP contribution in [-0.2, 0) is 6.42 Å². The molecule has 2 unspecified atom stereocenters. The fourth-order valence-corrected chi connectivity index (χ4v) is 4.12. The summed E-state index contributed by atoms with van der Waals surface area (Å²) < 4.78 is 0. The highest BCUT2D eigenvalue weighted by Gasteiger charge is 2.24. The third kappa shape index (κ3) is 5.22. The van der Waals surface area contributed by atoms with E-state index in [0.717, 1.165) is 22.5 Å². The first-order valence-corrected chi connectivity index (χ1v) is 9.21. The lowest BCUT2D eigenvalue weighted by molar-refractivity contribution is 0.165. The number of piperidine rings is 1. The molecule has 4 nitrogen and oxygen atoms in total. The van der Waals surface area contributed by atoms with E-state index < -0.39 is 0 Å². The number of hydrogen-bond acceptors (Lipinski definition) is 5. The molecule has 2 heterocycles. The van der Waals surface area contributed by atoms with Crippen LogP contribution >= 0.6 is 11.3 Å². The van der Waals surface area contributed by atoms with Gasteiger partial charge in [-0.1, -0.05) is 32.1 Å². The van der Waals surface area contributed by atoms with Crippen molar-refractivity contribution in [2.24, 2.45) is 11.8 Å². The van der Waals surface area contributed by atoms with E-state index in [1.807, 2.05) is 0 Å². The fourth-order valence-electron chi connectivity index (χ4n) is 3.08. The van der Waals surface area contributed by atoms with Crippen molar-refractivity contribution in [2.45, 2.75) is 59.4 Å². The van der Waals surface area contributed by atoms with Gasteiger partial charge in [-0.2, -0.15) is 0 Å². The minimum Gasteiger partial charge on any atom is -0.357 e. The molecule has 0 radical (unpaired) electrons. The maximum Gasteiger partial charge on any atom is 0.205 e. The number of hydrogen-bond donors (Lipinski definition) is 1. The second-order valence-corrected chi connectivity index (χ2v) is 7.80. The van der Waals surface area contributed by atoms with E-state index >= 15 is 0 Å². The Balaban J connectivity index is 1.85. The summed E-state index contributed by atoms with van der Waals surface area (Å²) in [6, 6.07) is 0.476. The van der Waals surface area contributed by atoms with Crippen LogP contribution in [0.15, 0.2) is 0 Å². The van der Waals surface area contributed by atoms with Crippen LogP contribution in [0.4, 0.5) is 5.13 Å². The maximum absolute atomic E-state index is 4.30. The highest BCUT2D eigenvalue weighted by molar-refractivity contribution is 7.15. The highest BCUT2D eigenvalue weighted by Crippen LogP contribution is 2.24. The van der Waals surface area contributed by atoms with Crippen LogP contribution < -0.4 is 5.32 Å². The van der Waals surface area contributed by atoms with Crippen LogP contribution in [0.5, 0.6) is 0 Å². The van der Waals surface area contributed by atoms with Crippen LogP contribution in [0.25, 0.3) is 0 Å². The molecule has 1 aliphatic rings. The molecule has 21 heavy (non-hydrogen) atoms. The van der Waals surface area contributed by atoms with Crippen molar-refractivity contribution in [1.29, 1.82) is 0 Å². The van der Waals surface area contributed by atoms with Crippen LogP contribution in [0.2, 0.25) is 0 Å². The monoisotopic (exact) mass is 310 g/mol. The lowest BCUT2D eigenvalue weighted by atomic mass is 9.91. The van der Waals surface area contributed by atoms with E-state index in [2.05, 4.69) is 48.1 Å². The molecule has 1 fully saturated rings. The van der Waals surface area contributed by atoms with Gasteiger partial charge in [0.25, 0.3) is 0 Å². The number of aromatic nitrogens is 2. The molecule has 1 aromatic heterocycles. The second kappa shape index (κ2) is 8.08. The molecule has 2 atom stereocenters. The van der Waals surface area contributed by atoms with Crippen molar-refractivity contribution in [3.63, 3.8) is 0 Å². The zero-order valence-corrected chi connectivity index (χ0v) is 14.7. The SMILES string of the molecule is CCCN1CCCC(C(C)Nc2nnc(CC(C)C)s2)C1. The van der Waals surface area contributed by atoms with Gasteiger partial charge in [-0.3, -0.25) is 0 Å². The Labute approximate surface area is 133 Å². The topological polar surface area (TPSA) is 41.0 Å². The summed E-state index contributed by atoms with van der Waals surface area (Å²) in [7, 11) is 0.